The van der Waals surface area contributed by atoms with Gasteiger partial charge in [0.1, 0.15) is 0 Å². The predicted molar refractivity (Wildman–Crippen MR) is 121 cm³/mol. The number of H-pyrrole nitrogens is 1. The monoisotopic (exact) mass is 451 g/mol. The predicted octanol–water partition coefficient (Wildman–Crippen LogP) is 5.80. The van der Waals surface area contributed by atoms with Crippen LogP contribution in [0.25, 0.3) is 22.0 Å². The van der Waals surface area contributed by atoms with Crippen molar-refractivity contribution in [3.63, 3.8) is 0 Å². The number of guanidine groups is 1. The molecule has 33 heavy (non-hydrogen) atoms. The van der Waals surface area contributed by atoms with E-state index in [0.29, 0.717) is 11.4 Å². The van der Waals surface area contributed by atoms with Gasteiger partial charge in [-0.05, 0) is 55.8 Å². The Morgan fingerprint density at radius 1 is 1.15 bits per heavy atom. The van der Waals surface area contributed by atoms with Crippen molar-refractivity contribution >= 4 is 28.2 Å². The van der Waals surface area contributed by atoms with Crippen LogP contribution in [-0.4, -0.2) is 20.7 Å². The van der Waals surface area contributed by atoms with E-state index in [4.69, 9.17) is 5.26 Å². The van der Waals surface area contributed by atoms with Crippen LogP contribution in [0.1, 0.15) is 25.5 Å². The molecule has 0 atom stereocenters. The van der Waals surface area contributed by atoms with E-state index in [1.165, 1.54) is 12.1 Å². The molecule has 7 nitrogen and oxygen atoms in total. The number of aromatic nitrogens is 3. The van der Waals surface area contributed by atoms with Crippen LogP contribution in [-0.2, 0) is 6.18 Å². The summed E-state index contributed by atoms with van der Waals surface area (Å²) < 4.78 is 40.2. The summed E-state index contributed by atoms with van der Waals surface area (Å²) in [5.74, 6) is 0.0798. The highest BCUT2D eigenvalue weighted by molar-refractivity contribution is 6.01. The molecule has 2 aromatic carbocycles. The summed E-state index contributed by atoms with van der Waals surface area (Å²) in [6, 6.07) is 10.6. The first kappa shape index (κ1) is 22.0. The van der Waals surface area contributed by atoms with Gasteiger partial charge in [-0.3, -0.25) is 10.00 Å². The van der Waals surface area contributed by atoms with Crippen LogP contribution in [0.2, 0.25) is 0 Å². The number of halogens is 3. The Hall–Kier alpha value is -4.26. The van der Waals surface area contributed by atoms with E-state index in [0.717, 1.165) is 34.2 Å². The Bertz CT molecular complexity index is 1340. The van der Waals surface area contributed by atoms with Crippen molar-refractivity contribution in [3.8, 4) is 17.3 Å². The first-order valence-corrected chi connectivity index (χ1v) is 10.1. The zero-order chi connectivity index (χ0) is 23.6. The van der Waals surface area contributed by atoms with Crippen LogP contribution in [0.5, 0.6) is 0 Å². The maximum Gasteiger partial charge on any atom is 0.416 e. The molecule has 4 rings (SSSR count). The molecule has 3 N–H and O–H groups in total. The fourth-order valence-corrected chi connectivity index (χ4v) is 3.29. The lowest BCUT2D eigenvalue weighted by molar-refractivity contribution is -0.137. The summed E-state index contributed by atoms with van der Waals surface area (Å²) >= 11 is 0. The van der Waals surface area contributed by atoms with Crippen molar-refractivity contribution in [3.05, 3.63) is 66.6 Å². The van der Waals surface area contributed by atoms with Gasteiger partial charge >= 0.3 is 6.18 Å². The molecule has 0 spiro atoms. The Labute approximate surface area is 187 Å². The number of fused-ring (bicyclic) bond motifs is 1. The summed E-state index contributed by atoms with van der Waals surface area (Å²) in [6.07, 6.45) is 2.83. The van der Waals surface area contributed by atoms with Gasteiger partial charge in [0.25, 0.3) is 0 Å². The van der Waals surface area contributed by atoms with Crippen LogP contribution in [0.4, 0.5) is 24.5 Å². The molecule has 168 valence electrons. The molecule has 4 aromatic rings. The molecule has 0 bridgehead atoms. The van der Waals surface area contributed by atoms with Gasteiger partial charge in [0.2, 0.25) is 5.96 Å². The van der Waals surface area contributed by atoms with Crippen molar-refractivity contribution in [2.75, 3.05) is 5.32 Å². The molecule has 0 saturated carbocycles. The molecule has 0 unspecified atom stereocenters. The first-order chi connectivity index (χ1) is 15.7. The Kier molecular flexibility index (Phi) is 5.79. The summed E-state index contributed by atoms with van der Waals surface area (Å²) in [6.45, 7) is 4.10. The van der Waals surface area contributed by atoms with E-state index in [9.17, 15) is 13.2 Å². The molecular weight excluding hydrogens is 431 g/mol. The zero-order valence-electron chi connectivity index (χ0n) is 17.8. The van der Waals surface area contributed by atoms with E-state index < -0.39 is 11.7 Å². The molecule has 0 amide bonds. The second-order valence-corrected chi connectivity index (χ2v) is 7.63. The molecule has 0 fully saturated rings. The van der Waals surface area contributed by atoms with Gasteiger partial charge in [0, 0.05) is 40.6 Å². The average molecular weight is 451 g/mol. The maximum absolute atomic E-state index is 12.8. The minimum Gasteiger partial charge on any atom is -0.359 e. The SMILES string of the molecule is CC(C)n1cc(-c2ccc3[nH]cc(N=C(NC#N)Nc4ccc(C(F)(F)F)cc4)c3c2)cn1. The highest BCUT2D eigenvalue weighted by atomic mass is 19.4. The molecular formula is C23H20F3N7. The van der Waals surface area contributed by atoms with Gasteiger partial charge in [0.05, 0.1) is 17.4 Å². The number of anilines is 1. The lowest BCUT2D eigenvalue weighted by Gasteiger charge is -2.10. The lowest BCUT2D eigenvalue weighted by Crippen LogP contribution is -2.26. The Balaban J connectivity index is 1.65. The smallest absolute Gasteiger partial charge is 0.359 e. The van der Waals surface area contributed by atoms with E-state index >= 15 is 0 Å². The second-order valence-electron chi connectivity index (χ2n) is 7.63. The molecule has 0 saturated heterocycles. The third kappa shape index (κ3) is 4.82. The number of nitrogens with one attached hydrogen (secondary N) is 3. The largest absolute Gasteiger partial charge is 0.416 e. The number of alkyl halides is 3. The van der Waals surface area contributed by atoms with Gasteiger partial charge in [0.15, 0.2) is 6.19 Å². The molecule has 0 aliphatic rings. The van der Waals surface area contributed by atoms with E-state index in [1.807, 2.05) is 42.9 Å². The van der Waals surface area contributed by atoms with Crippen LogP contribution < -0.4 is 10.6 Å². The molecule has 0 aliphatic heterocycles. The standard InChI is InChI=1S/C23H20F3N7/c1-14(2)33-12-16(10-30-33)15-3-8-20-19(9-15)21(11-28-20)32-22(29-13-27)31-18-6-4-17(5-7-18)23(24,25)26/h3-12,14,28H,1-2H3,(H2,29,31,32). The van der Waals surface area contributed by atoms with Crippen LogP contribution >= 0.6 is 0 Å². The minimum atomic E-state index is -4.42. The third-order valence-corrected chi connectivity index (χ3v) is 5.01. The minimum absolute atomic E-state index is 0.0798. The number of nitrogens with zero attached hydrogens (tertiary/aromatic N) is 4. The van der Waals surface area contributed by atoms with Crippen molar-refractivity contribution in [1.82, 2.24) is 20.1 Å². The fourth-order valence-electron chi connectivity index (χ4n) is 3.29. The van der Waals surface area contributed by atoms with Crippen LogP contribution in [0.3, 0.4) is 0 Å². The van der Waals surface area contributed by atoms with Crippen LogP contribution in [0, 0.1) is 11.5 Å². The molecule has 2 aromatic heterocycles. The van der Waals surface area contributed by atoms with Crippen LogP contribution in [0.15, 0.2) is 66.0 Å². The maximum atomic E-state index is 12.8. The average Bonchev–Trinajstić information content (AvgIpc) is 3.41. The summed E-state index contributed by atoms with van der Waals surface area (Å²) in [4.78, 5) is 7.60. The molecule has 10 heteroatoms. The number of nitriles is 1. The van der Waals surface area contributed by atoms with E-state index in [1.54, 1.807) is 18.6 Å². The van der Waals surface area contributed by atoms with Gasteiger partial charge in [-0.1, -0.05) is 6.07 Å². The molecule has 0 radical (unpaired) electrons. The van der Waals surface area contributed by atoms with E-state index in [-0.39, 0.29) is 12.0 Å². The van der Waals surface area contributed by atoms with Gasteiger partial charge in [-0.15, -0.1) is 0 Å². The Morgan fingerprint density at radius 2 is 1.91 bits per heavy atom. The van der Waals surface area contributed by atoms with Crippen molar-refractivity contribution in [2.45, 2.75) is 26.1 Å². The third-order valence-electron chi connectivity index (χ3n) is 5.01. The first-order valence-electron chi connectivity index (χ1n) is 10.1. The second kappa shape index (κ2) is 8.70. The van der Waals surface area contributed by atoms with E-state index in [2.05, 4.69) is 25.7 Å². The van der Waals surface area contributed by atoms with Crippen molar-refractivity contribution in [2.24, 2.45) is 4.99 Å². The quantitative estimate of drug-likeness (QED) is 0.158. The fraction of sp³-hybridized carbons (Fsp3) is 0.174. The lowest BCUT2D eigenvalue weighted by atomic mass is 10.1. The number of aromatic amines is 1. The van der Waals surface area contributed by atoms with Gasteiger partial charge in [-0.25, -0.2) is 4.99 Å². The van der Waals surface area contributed by atoms with Gasteiger partial charge in [-0.2, -0.15) is 23.5 Å². The molecule has 0 aliphatic carbocycles. The Morgan fingerprint density at radius 3 is 2.55 bits per heavy atom. The highest BCUT2D eigenvalue weighted by Gasteiger charge is 2.29. The summed E-state index contributed by atoms with van der Waals surface area (Å²) in [7, 11) is 0. The summed E-state index contributed by atoms with van der Waals surface area (Å²) in [5.41, 5.74) is 2.91. The number of benzene rings is 2. The van der Waals surface area contributed by atoms with Gasteiger partial charge < -0.3 is 10.3 Å². The number of hydrogen-bond donors (Lipinski definition) is 3. The number of rotatable bonds is 4. The molecule has 2 heterocycles. The van der Waals surface area contributed by atoms with Crippen molar-refractivity contribution in [1.29, 1.82) is 5.26 Å². The van der Waals surface area contributed by atoms with Crippen molar-refractivity contribution < 1.29 is 13.2 Å². The number of aliphatic imine (C=N–C) groups is 1. The highest BCUT2D eigenvalue weighted by Crippen LogP contribution is 2.32. The topological polar surface area (TPSA) is 93.8 Å². The summed E-state index contributed by atoms with van der Waals surface area (Å²) in [5, 5.41) is 19.6. The normalized spacial score (nSPS) is 12.2. The zero-order valence-corrected chi connectivity index (χ0v) is 17.8. The number of hydrogen-bond acceptors (Lipinski definition) is 3.